The SMILES string of the molecule is CCOC(=O)CCC(=O)Nc1c2c(nn1-c1cccc(Cl)c1)CSC2. The van der Waals surface area contributed by atoms with Crippen LogP contribution in [0.5, 0.6) is 0 Å². The Hall–Kier alpha value is -1.99. The molecule has 2 heterocycles. The van der Waals surface area contributed by atoms with Crippen molar-refractivity contribution in [3.63, 3.8) is 0 Å². The zero-order valence-corrected chi connectivity index (χ0v) is 15.3. The van der Waals surface area contributed by atoms with Crippen molar-refractivity contribution in [2.75, 3.05) is 11.9 Å². The smallest absolute Gasteiger partial charge is 0.306 e. The van der Waals surface area contributed by atoms with Gasteiger partial charge in [0.1, 0.15) is 5.82 Å². The zero-order chi connectivity index (χ0) is 17.8. The number of hydrogen-bond acceptors (Lipinski definition) is 5. The average Bonchev–Trinajstić information content (AvgIpc) is 3.16. The highest BCUT2D eigenvalue weighted by molar-refractivity contribution is 7.98. The molecule has 0 bridgehead atoms. The summed E-state index contributed by atoms with van der Waals surface area (Å²) in [5.74, 6) is 1.65. The highest BCUT2D eigenvalue weighted by atomic mass is 35.5. The van der Waals surface area contributed by atoms with Gasteiger partial charge < -0.3 is 10.1 Å². The molecular weight excluding hydrogens is 362 g/mol. The number of aromatic nitrogens is 2. The van der Waals surface area contributed by atoms with Crippen molar-refractivity contribution in [1.82, 2.24) is 9.78 Å². The third-order valence-corrected chi connectivity index (χ3v) is 4.93. The lowest BCUT2D eigenvalue weighted by atomic mass is 10.2. The number of rotatable bonds is 6. The largest absolute Gasteiger partial charge is 0.466 e. The minimum atomic E-state index is -0.373. The van der Waals surface area contributed by atoms with Gasteiger partial charge in [-0.25, -0.2) is 4.68 Å². The van der Waals surface area contributed by atoms with E-state index in [4.69, 9.17) is 16.3 Å². The summed E-state index contributed by atoms with van der Waals surface area (Å²) in [7, 11) is 0. The highest BCUT2D eigenvalue weighted by Crippen LogP contribution is 2.36. The number of halogens is 1. The number of nitrogens with zero attached hydrogens (tertiary/aromatic N) is 2. The molecule has 6 nitrogen and oxygen atoms in total. The lowest BCUT2D eigenvalue weighted by Crippen LogP contribution is -2.17. The molecule has 132 valence electrons. The van der Waals surface area contributed by atoms with Gasteiger partial charge in [0.2, 0.25) is 5.91 Å². The Balaban J connectivity index is 1.80. The number of nitrogens with one attached hydrogen (secondary N) is 1. The molecule has 0 saturated heterocycles. The van der Waals surface area contributed by atoms with E-state index in [-0.39, 0.29) is 24.7 Å². The van der Waals surface area contributed by atoms with E-state index in [9.17, 15) is 9.59 Å². The number of amides is 1. The van der Waals surface area contributed by atoms with Crippen molar-refractivity contribution < 1.29 is 14.3 Å². The van der Waals surface area contributed by atoms with Crippen LogP contribution in [0.15, 0.2) is 24.3 Å². The second-order valence-corrected chi connectivity index (χ2v) is 6.93. The summed E-state index contributed by atoms with van der Waals surface area (Å²) in [6.07, 6.45) is 0.128. The number of esters is 1. The monoisotopic (exact) mass is 379 g/mol. The maximum Gasteiger partial charge on any atom is 0.306 e. The second kappa shape index (κ2) is 7.93. The molecular formula is C17H18ClN3O3S. The van der Waals surface area contributed by atoms with Crippen LogP contribution in [0.2, 0.25) is 5.02 Å². The first-order chi connectivity index (χ1) is 12.1. The van der Waals surface area contributed by atoms with Crippen LogP contribution in [-0.4, -0.2) is 28.3 Å². The molecule has 2 aromatic rings. The van der Waals surface area contributed by atoms with Crippen molar-refractivity contribution in [2.45, 2.75) is 31.3 Å². The van der Waals surface area contributed by atoms with E-state index in [1.807, 2.05) is 12.1 Å². The summed E-state index contributed by atoms with van der Waals surface area (Å²) < 4.78 is 6.56. The molecule has 1 amide bonds. The normalized spacial score (nSPS) is 12.7. The molecule has 1 aromatic heterocycles. The number of anilines is 1. The third kappa shape index (κ3) is 4.16. The fourth-order valence-corrected chi connectivity index (χ4v) is 3.80. The first kappa shape index (κ1) is 17.8. The van der Waals surface area contributed by atoms with E-state index in [0.29, 0.717) is 17.4 Å². The molecule has 1 N–H and O–H groups in total. The van der Waals surface area contributed by atoms with Crippen molar-refractivity contribution in [2.24, 2.45) is 0 Å². The van der Waals surface area contributed by atoms with E-state index in [1.165, 1.54) is 0 Å². The fourth-order valence-electron chi connectivity index (χ4n) is 2.58. The average molecular weight is 380 g/mol. The summed E-state index contributed by atoms with van der Waals surface area (Å²) in [4.78, 5) is 23.7. The van der Waals surface area contributed by atoms with Crippen LogP contribution >= 0.6 is 23.4 Å². The minimum Gasteiger partial charge on any atom is -0.466 e. The van der Waals surface area contributed by atoms with Crippen LogP contribution < -0.4 is 5.32 Å². The van der Waals surface area contributed by atoms with Crippen molar-refractivity contribution in [3.05, 3.63) is 40.5 Å². The fraction of sp³-hybridized carbons (Fsp3) is 0.353. The van der Waals surface area contributed by atoms with Crippen LogP contribution in [0, 0.1) is 0 Å². The Kier molecular flexibility index (Phi) is 5.65. The minimum absolute atomic E-state index is 0.0575. The maximum atomic E-state index is 12.3. The summed E-state index contributed by atoms with van der Waals surface area (Å²) in [6.45, 7) is 2.05. The first-order valence-electron chi connectivity index (χ1n) is 7.98. The van der Waals surface area contributed by atoms with Crippen LogP contribution in [-0.2, 0) is 25.8 Å². The van der Waals surface area contributed by atoms with Crippen molar-refractivity contribution in [1.29, 1.82) is 0 Å². The highest BCUT2D eigenvalue weighted by Gasteiger charge is 2.24. The molecule has 0 atom stereocenters. The van der Waals surface area contributed by atoms with Crippen molar-refractivity contribution in [3.8, 4) is 5.69 Å². The molecule has 25 heavy (non-hydrogen) atoms. The Morgan fingerprint density at radius 3 is 2.96 bits per heavy atom. The van der Waals surface area contributed by atoms with Crippen LogP contribution in [0.1, 0.15) is 31.0 Å². The molecule has 8 heteroatoms. The van der Waals surface area contributed by atoms with Gasteiger partial charge in [0, 0.05) is 28.5 Å². The van der Waals surface area contributed by atoms with Gasteiger partial charge in [0.15, 0.2) is 0 Å². The molecule has 1 aliphatic heterocycles. The van der Waals surface area contributed by atoms with E-state index >= 15 is 0 Å². The van der Waals surface area contributed by atoms with Gasteiger partial charge in [-0.15, -0.1) is 0 Å². The summed E-state index contributed by atoms with van der Waals surface area (Å²) in [5, 5.41) is 8.11. The maximum absolute atomic E-state index is 12.3. The summed E-state index contributed by atoms with van der Waals surface area (Å²) in [5.41, 5.74) is 2.77. The first-order valence-corrected chi connectivity index (χ1v) is 9.51. The quantitative estimate of drug-likeness (QED) is 0.777. The molecule has 1 aromatic carbocycles. The molecule has 0 spiro atoms. The number of fused-ring (bicyclic) bond motifs is 1. The summed E-state index contributed by atoms with van der Waals surface area (Å²) >= 11 is 7.83. The Bertz CT molecular complexity index is 806. The lowest BCUT2D eigenvalue weighted by Gasteiger charge is -2.11. The number of hydrogen-bond donors (Lipinski definition) is 1. The Morgan fingerprint density at radius 2 is 2.20 bits per heavy atom. The van der Waals surface area contributed by atoms with Crippen LogP contribution in [0.3, 0.4) is 0 Å². The zero-order valence-electron chi connectivity index (χ0n) is 13.8. The van der Waals surface area contributed by atoms with E-state index in [1.54, 1.807) is 35.5 Å². The second-order valence-electron chi connectivity index (χ2n) is 5.51. The Labute approximate surface area is 154 Å². The van der Waals surface area contributed by atoms with E-state index in [2.05, 4.69) is 10.4 Å². The lowest BCUT2D eigenvalue weighted by molar-refractivity contribution is -0.144. The topological polar surface area (TPSA) is 73.2 Å². The van der Waals surface area contributed by atoms with Crippen molar-refractivity contribution >= 4 is 41.1 Å². The van der Waals surface area contributed by atoms with Crippen LogP contribution in [0.25, 0.3) is 5.69 Å². The number of carbonyl (C=O) groups is 2. The molecule has 1 aliphatic rings. The predicted octanol–water partition coefficient (Wildman–Crippen LogP) is 3.55. The van der Waals surface area contributed by atoms with Gasteiger partial charge in [-0.2, -0.15) is 16.9 Å². The predicted molar refractivity (Wildman–Crippen MR) is 98.1 cm³/mol. The number of carbonyl (C=O) groups excluding carboxylic acids is 2. The molecule has 3 rings (SSSR count). The van der Waals surface area contributed by atoms with Gasteiger partial charge in [0.05, 0.1) is 24.4 Å². The summed E-state index contributed by atoms with van der Waals surface area (Å²) in [6, 6.07) is 7.31. The van der Waals surface area contributed by atoms with E-state index < -0.39 is 0 Å². The number of benzene rings is 1. The van der Waals surface area contributed by atoms with Gasteiger partial charge in [-0.05, 0) is 25.1 Å². The molecule has 0 radical (unpaired) electrons. The number of thioether (sulfide) groups is 1. The molecule has 0 aliphatic carbocycles. The Morgan fingerprint density at radius 1 is 1.36 bits per heavy atom. The molecule has 0 fully saturated rings. The van der Waals surface area contributed by atoms with Gasteiger partial charge in [0.25, 0.3) is 0 Å². The van der Waals surface area contributed by atoms with E-state index in [0.717, 1.165) is 28.5 Å². The van der Waals surface area contributed by atoms with Gasteiger partial charge >= 0.3 is 5.97 Å². The molecule has 0 unspecified atom stereocenters. The third-order valence-electron chi connectivity index (χ3n) is 3.72. The van der Waals surface area contributed by atoms with Crippen LogP contribution in [0.4, 0.5) is 5.82 Å². The standard InChI is InChI=1S/C17H18ClN3O3S/c1-2-24-16(23)7-6-15(22)19-17-13-9-25-10-14(13)20-21(17)12-5-3-4-11(18)8-12/h3-5,8H,2,6-7,9-10H2,1H3,(H,19,22). The number of ether oxygens (including phenoxy) is 1. The van der Waals surface area contributed by atoms with Gasteiger partial charge in [-0.1, -0.05) is 17.7 Å². The van der Waals surface area contributed by atoms with Gasteiger partial charge in [-0.3, -0.25) is 9.59 Å². The molecule has 0 saturated carbocycles.